The van der Waals surface area contributed by atoms with Crippen molar-refractivity contribution < 1.29 is 80.1 Å². The number of aromatic nitrogens is 25. The number of rotatable bonds is 13. The molecule has 0 radical (unpaired) electrons. The van der Waals surface area contributed by atoms with Crippen molar-refractivity contribution in [1.29, 1.82) is 0 Å². The van der Waals surface area contributed by atoms with Crippen LogP contribution in [0, 0.1) is 29.1 Å². The summed E-state index contributed by atoms with van der Waals surface area (Å²) in [5, 5.41) is 0. The smallest absolute Gasteiger partial charge is 0.381 e. The number of nitrogens with two attached hydrogens (primary N) is 3. The van der Waals surface area contributed by atoms with Gasteiger partial charge >= 0.3 is 30.9 Å². The van der Waals surface area contributed by atoms with Gasteiger partial charge in [0.25, 0.3) is 0 Å². The minimum atomic E-state index is -4.58. The molecule has 7 aliphatic heterocycles. The van der Waals surface area contributed by atoms with Crippen molar-refractivity contribution >= 4 is 63.2 Å². The van der Waals surface area contributed by atoms with Crippen LogP contribution in [-0.4, -0.2) is 255 Å². The largest absolute Gasteiger partial charge is 0.434 e. The molecule has 7 fully saturated rings. The molecule has 52 heteroatoms. The average molecular weight is 2030 g/mol. The first-order valence-corrected chi connectivity index (χ1v) is 46.9. The molecule has 764 valence electrons. The van der Waals surface area contributed by atoms with Gasteiger partial charge in [-0.05, 0) is 132 Å². The second-order valence-corrected chi connectivity index (χ2v) is 36.9. The predicted octanol–water partition coefficient (Wildman–Crippen LogP) is 13.4. The van der Waals surface area contributed by atoms with Gasteiger partial charge in [0.1, 0.15) is 57.6 Å². The number of fused-ring (bicyclic) bond motifs is 6. The van der Waals surface area contributed by atoms with Crippen LogP contribution in [0.5, 0.6) is 0 Å². The minimum absolute atomic E-state index is 0.0937. The van der Waals surface area contributed by atoms with Crippen molar-refractivity contribution in [2.75, 3.05) is 123 Å². The van der Waals surface area contributed by atoms with Gasteiger partial charge < -0.3 is 51.2 Å². The highest BCUT2D eigenvalue weighted by atomic mass is 19.4. The summed E-state index contributed by atoms with van der Waals surface area (Å²) < 4.78 is 213. The molecule has 22 rings (SSSR count). The van der Waals surface area contributed by atoms with Crippen LogP contribution < -0.4 is 41.7 Å². The van der Waals surface area contributed by atoms with Crippen LogP contribution in [0.4, 0.5) is 94.9 Å². The Kier molecular flexibility index (Phi) is 28.8. The predicted molar refractivity (Wildman–Crippen MR) is 498 cm³/mol. The Morgan fingerprint density at radius 2 is 0.710 bits per heavy atom. The van der Waals surface area contributed by atoms with Crippen molar-refractivity contribution in [2.45, 2.75) is 141 Å². The second kappa shape index (κ2) is 41.4. The zero-order valence-corrected chi connectivity index (χ0v) is 78.5. The van der Waals surface area contributed by atoms with Gasteiger partial charge in [-0.1, -0.05) is 6.92 Å². The number of hydrogen-bond donors (Lipinski definition) is 3. The third-order valence-corrected chi connectivity index (χ3v) is 27.0. The molecule has 0 saturated carbocycles. The molecule has 37 nitrogen and oxygen atoms in total. The highest BCUT2D eigenvalue weighted by Gasteiger charge is 2.43. The van der Waals surface area contributed by atoms with E-state index in [1.807, 2.05) is 44.7 Å². The number of carbonyl (C=O) groups is 1. The fourth-order valence-corrected chi connectivity index (χ4v) is 19.2. The third-order valence-electron chi connectivity index (χ3n) is 27.0. The number of ether oxygens (including phenoxy) is 2. The van der Waals surface area contributed by atoms with E-state index >= 15 is 0 Å². The number of carbonyl (C=O) groups excluding carboxylic acids is 1. The van der Waals surface area contributed by atoms with E-state index in [0.717, 1.165) is 215 Å². The number of anilines is 5. The molecule has 1 spiro atoms. The Bertz CT molecular complexity index is 6920. The molecule has 8 unspecified atom stereocenters. The number of hydrogen-bond acceptors (Lipinski definition) is 31. The quantitative estimate of drug-likeness (QED) is 0.0902. The standard InChI is InChI=1S/C20H21F3N6O.C19H20F3N7O.C18H18F3N7O.2C18H20F3N7/c21-20(22,23)15-12-29-14(10-26-17(29)11-25-15)18-24-6-2-16(27-18)28-7-1-3-19(13-28)4-8-30-9-5-19;1-10-5-12(17(23)30)11(2)28(8-10)15-3-4-24-18(27-15)13-6-26-16-7-25-14(9-29(13)16)19(20,21)22;19-18(20,21)14-10-28-13(7-24-16(28)8-23-14)17-22-2-1-15(25-17)27-4-3-26-5-6-29-11-12(26)9-27;2*1-11(22)12-3-2-6-27(9-12)15-4-5-23-17(26-15)13-7-25-16-8-24-14(10-28(13)16)18(19,20)21/h2,6,10-12H,1,3-5,7-9,13H2;3-4,6-7,9-12H,5,8H2,1-2H3,(H2,23,30);1-2,7-8,10,12H,3-6,9,11H2;2*4-5,7-8,10-12H,2-3,6,9,22H2,1H3. The van der Waals surface area contributed by atoms with Crippen LogP contribution in [-0.2, 0) is 45.1 Å². The number of piperidine rings is 4. The van der Waals surface area contributed by atoms with E-state index in [1.165, 1.54) is 65.6 Å². The number of imidazole rings is 5. The molecule has 7 aliphatic rings. The zero-order valence-electron chi connectivity index (χ0n) is 78.5. The Labute approximate surface area is 816 Å². The van der Waals surface area contributed by atoms with Crippen LogP contribution in [0.2, 0.25) is 0 Å². The monoisotopic (exact) mass is 2020 g/mol. The molecule has 0 bridgehead atoms. The molecule has 15 aromatic heterocycles. The number of alkyl halides is 15. The summed E-state index contributed by atoms with van der Waals surface area (Å²) in [6, 6.07) is 9.33. The fourth-order valence-electron chi connectivity index (χ4n) is 19.2. The maximum atomic E-state index is 13.1. The lowest BCUT2D eigenvalue weighted by Gasteiger charge is -2.45. The Balaban J connectivity index is 0.000000119. The highest BCUT2D eigenvalue weighted by Crippen LogP contribution is 2.43. The molecule has 0 aromatic carbocycles. The zero-order chi connectivity index (χ0) is 102. The van der Waals surface area contributed by atoms with Crippen LogP contribution >= 0.6 is 0 Å². The third kappa shape index (κ3) is 22.6. The van der Waals surface area contributed by atoms with Gasteiger partial charge in [0.05, 0.1) is 87.1 Å². The maximum Gasteiger partial charge on any atom is 0.434 e. The number of halogens is 15. The van der Waals surface area contributed by atoms with Crippen LogP contribution in [0.15, 0.2) is 154 Å². The van der Waals surface area contributed by atoms with Crippen molar-refractivity contribution in [1.82, 2.24) is 127 Å². The van der Waals surface area contributed by atoms with Crippen LogP contribution in [0.1, 0.15) is 114 Å². The molecule has 6 N–H and O–H groups in total. The molecular weight excluding hydrogens is 1930 g/mol. The van der Waals surface area contributed by atoms with E-state index in [4.69, 9.17) is 26.7 Å². The van der Waals surface area contributed by atoms with Gasteiger partial charge in [-0.15, -0.1) is 0 Å². The van der Waals surface area contributed by atoms with E-state index in [0.29, 0.717) is 118 Å². The van der Waals surface area contributed by atoms with Crippen molar-refractivity contribution in [3.63, 3.8) is 0 Å². The van der Waals surface area contributed by atoms with Gasteiger partial charge in [0.2, 0.25) is 5.91 Å². The number of nitrogens with zero attached hydrogens (tertiary/aromatic N) is 31. The first-order valence-electron chi connectivity index (χ1n) is 46.9. The molecule has 145 heavy (non-hydrogen) atoms. The lowest BCUT2D eigenvalue weighted by molar-refractivity contribution is -0.142. The second-order valence-electron chi connectivity index (χ2n) is 36.9. The molecule has 0 aliphatic carbocycles. The Hall–Kier alpha value is -14.3. The van der Waals surface area contributed by atoms with E-state index in [2.05, 4.69) is 124 Å². The molecule has 7 saturated heterocycles. The summed E-state index contributed by atoms with van der Waals surface area (Å²) in [4.78, 5) is 107. The van der Waals surface area contributed by atoms with E-state index in [-0.39, 0.29) is 52.8 Å². The Morgan fingerprint density at radius 1 is 0.379 bits per heavy atom. The topological polar surface area (TPSA) is 413 Å². The van der Waals surface area contributed by atoms with Crippen LogP contribution in [0.25, 0.3) is 85.8 Å². The molecule has 8 atom stereocenters. The number of amides is 1. The summed E-state index contributed by atoms with van der Waals surface area (Å²) in [5.74, 6) is 5.37. The fraction of sp³-hybridized carbons (Fsp3) is 0.452. The minimum Gasteiger partial charge on any atom is -0.381 e. The van der Waals surface area contributed by atoms with Gasteiger partial charge in [-0.2, -0.15) is 65.9 Å². The lowest BCUT2D eigenvalue weighted by Crippen LogP contribution is -2.58. The summed E-state index contributed by atoms with van der Waals surface area (Å²) in [7, 11) is 0. The average Bonchev–Trinajstić information content (AvgIpc) is 1.69. The highest BCUT2D eigenvalue weighted by molar-refractivity contribution is 5.78. The lowest BCUT2D eigenvalue weighted by atomic mass is 9.74. The summed E-state index contributed by atoms with van der Waals surface area (Å²) in [6.45, 7) is 20.2. The first kappa shape index (κ1) is 101. The van der Waals surface area contributed by atoms with Crippen LogP contribution in [0.3, 0.4) is 0 Å². The molecule has 15 aromatic rings. The number of morpholine rings is 1. The normalized spacial score (nSPS) is 20.2. The number of piperazine rings is 1. The van der Waals surface area contributed by atoms with Crippen molar-refractivity contribution in [3.8, 4) is 57.6 Å². The van der Waals surface area contributed by atoms with E-state index in [1.54, 1.807) is 43.0 Å². The van der Waals surface area contributed by atoms with Gasteiger partial charge in [0, 0.05) is 165 Å². The maximum absolute atomic E-state index is 13.1. The SMILES string of the molecule is CC(N)C1CCCN(c2ccnc(-c3cnc4cnc(C(F)(F)F)cn34)n2)C1.CC(N)C1CCCN(c2ccnc(-c3cnc4cnc(C(F)(F)F)cn34)n2)C1.CC1CC(C(N)=O)C(C)N(c2ccnc(-c3cnc4cnc(C(F)(F)F)cn34)n2)C1.FC(F)(F)c1cn2c(-c3nccc(N4CCCC5(CCOCC5)C4)n3)cnc2cn1.FC(F)(F)c1cn2c(-c3nccc(N4CCN5CCOCC5C4)n3)cnc2cn1. The molecule has 22 heterocycles. The summed E-state index contributed by atoms with van der Waals surface area (Å²) >= 11 is 0. The molecule has 1 amide bonds. The summed E-state index contributed by atoms with van der Waals surface area (Å²) in [5.41, 5.74) is 16.2. The van der Waals surface area contributed by atoms with Gasteiger partial charge in [-0.3, -0.25) is 31.7 Å². The summed E-state index contributed by atoms with van der Waals surface area (Å²) in [6.07, 6.45) is 11.8. The van der Waals surface area contributed by atoms with Crippen molar-refractivity contribution in [3.05, 3.63) is 183 Å². The Morgan fingerprint density at radius 3 is 1.06 bits per heavy atom. The van der Waals surface area contributed by atoms with E-state index in [9.17, 15) is 70.7 Å². The molecular formula is C93H99F15N34O3. The van der Waals surface area contributed by atoms with Gasteiger partial charge in [-0.25, -0.2) is 99.7 Å². The van der Waals surface area contributed by atoms with Gasteiger partial charge in [0.15, 0.2) is 85.8 Å². The van der Waals surface area contributed by atoms with Crippen molar-refractivity contribution in [2.24, 2.45) is 46.3 Å². The number of primary amides is 1. The van der Waals surface area contributed by atoms with E-state index < -0.39 is 59.4 Å². The first-order chi connectivity index (χ1) is 69.2.